The van der Waals surface area contributed by atoms with Crippen molar-refractivity contribution in [2.75, 3.05) is 11.4 Å². The Balaban J connectivity index is 1.87. The van der Waals surface area contributed by atoms with Gasteiger partial charge in [-0.05, 0) is 36.1 Å². The molecule has 0 aliphatic carbocycles. The van der Waals surface area contributed by atoms with Crippen LogP contribution in [0, 0.1) is 6.92 Å². The van der Waals surface area contributed by atoms with Crippen LogP contribution in [0.25, 0.3) is 0 Å². The van der Waals surface area contributed by atoms with Gasteiger partial charge in [0.05, 0.1) is 6.61 Å². The van der Waals surface area contributed by atoms with Crippen molar-refractivity contribution in [3.8, 4) is 0 Å². The SMILES string of the molecule is Cc1nc(N2CCc3ccccc3C2)ccc1CO. The fourth-order valence-corrected chi connectivity index (χ4v) is 2.61. The van der Waals surface area contributed by atoms with Gasteiger partial charge >= 0.3 is 0 Å². The molecule has 1 aromatic carbocycles. The summed E-state index contributed by atoms with van der Waals surface area (Å²) in [6.45, 7) is 3.93. The minimum atomic E-state index is 0.0575. The lowest BCUT2D eigenvalue weighted by Crippen LogP contribution is -2.31. The van der Waals surface area contributed by atoms with E-state index in [1.54, 1.807) is 0 Å². The van der Waals surface area contributed by atoms with Crippen LogP contribution in [0.3, 0.4) is 0 Å². The van der Waals surface area contributed by atoms with Crippen molar-refractivity contribution in [1.29, 1.82) is 0 Å². The number of anilines is 1. The topological polar surface area (TPSA) is 36.4 Å². The molecule has 3 heteroatoms. The van der Waals surface area contributed by atoms with E-state index in [1.807, 2.05) is 19.1 Å². The minimum Gasteiger partial charge on any atom is -0.392 e. The van der Waals surface area contributed by atoms with E-state index in [0.29, 0.717) is 0 Å². The Morgan fingerprint density at radius 3 is 2.68 bits per heavy atom. The lowest BCUT2D eigenvalue weighted by molar-refractivity contribution is 0.280. The van der Waals surface area contributed by atoms with Gasteiger partial charge in [-0.25, -0.2) is 4.98 Å². The van der Waals surface area contributed by atoms with Gasteiger partial charge in [0.25, 0.3) is 0 Å². The Bertz CT molecular complexity index is 595. The average molecular weight is 254 g/mol. The van der Waals surface area contributed by atoms with Crippen LogP contribution in [0.1, 0.15) is 22.4 Å². The average Bonchev–Trinajstić information content (AvgIpc) is 2.46. The van der Waals surface area contributed by atoms with E-state index in [4.69, 9.17) is 0 Å². The van der Waals surface area contributed by atoms with Crippen molar-refractivity contribution < 1.29 is 5.11 Å². The third kappa shape index (κ3) is 2.34. The molecule has 1 aliphatic heterocycles. The number of hydrogen-bond acceptors (Lipinski definition) is 3. The van der Waals surface area contributed by atoms with Crippen molar-refractivity contribution in [2.24, 2.45) is 0 Å². The van der Waals surface area contributed by atoms with Crippen LogP contribution >= 0.6 is 0 Å². The van der Waals surface area contributed by atoms with E-state index in [0.717, 1.165) is 36.6 Å². The van der Waals surface area contributed by atoms with E-state index in [9.17, 15) is 5.11 Å². The number of aliphatic hydroxyl groups is 1. The molecule has 0 unspecified atom stereocenters. The summed E-state index contributed by atoms with van der Waals surface area (Å²) in [4.78, 5) is 6.91. The number of aromatic nitrogens is 1. The monoisotopic (exact) mass is 254 g/mol. The lowest BCUT2D eigenvalue weighted by Gasteiger charge is -2.30. The Labute approximate surface area is 113 Å². The molecule has 1 N–H and O–H groups in total. The van der Waals surface area contributed by atoms with Crippen LogP contribution in [-0.4, -0.2) is 16.6 Å². The highest BCUT2D eigenvalue weighted by atomic mass is 16.3. The standard InChI is InChI=1S/C16H18N2O/c1-12-15(11-19)6-7-16(17-12)18-9-8-13-4-2-3-5-14(13)10-18/h2-7,19H,8-11H2,1H3. The zero-order valence-electron chi connectivity index (χ0n) is 11.1. The summed E-state index contributed by atoms with van der Waals surface area (Å²) in [5.74, 6) is 1.00. The smallest absolute Gasteiger partial charge is 0.129 e. The van der Waals surface area contributed by atoms with Crippen molar-refractivity contribution in [3.05, 3.63) is 58.8 Å². The van der Waals surface area contributed by atoms with Crippen LogP contribution in [0.4, 0.5) is 5.82 Å². The number of aryl methyl sites for hydroxylation is 1. The van der Waals surface area contributed by atoms with Gasteiger partial charge in [-0.3, -0.25) is 0 Å². The molecule has 0 radical (unpaired) electrons. The van der Waals surface area contributed by atoms with Crippen LogP contribution in [0.5, 0.6) is 0 Å². The molecule has 2 aromatic rings. The summed E-state index contributed by atoms with van der Waals surface area (Å²) in [6.07, 6.45) is 1.07. The molecule has 1 aromatic heterocycles. The van der Waals surface area contributed by atoms with E-state index >= 15 is 0 Å². The number of rotatable bonds is 2. The first-order valence-electron chi connectivity index (χ1n) is 6.67. The van der Waals surface area contributed by atoms with E-state index in [2.05, 4.69) is 34.1 Å². The van der Waals surface area contributed by atoms with Gasteiger partial charge in [0.15, 0.2) is 0 Å². The highest BCUT2D eigenvalue weighted by Gasteiger charge is 2.17. The normalized spacial score (nSPS) is 14.3. The van der Waals surface area contributed by atoms with Crippen molar-refractivity contribution in [3.63, 3.8) is 0 Å². The predicted molar refractivity (Wildman–Crippen MR) is 76.1 cm³/mol. The quantitative estimate of drug-likeness (QED) is 0.894. The van der Waals surface area contributed by atoms with Crippen molar-refractivity contribution in [1.82, 2.24) is 4.98 Å². The van der Waals surface area contributed by atoms with Crippen LogP contribution < -0.4 is 4.90 Å². The maximum Gasteiger partial charge on any atom is 0.129 e. The van der Waals surface area contributed by atoms with Gasteiger partial charge in [0.2, 0.25) is 0 Å². The summed E-state index contributed by atoms with van der Waals surface area (Å²) in [7, 11) is 0. The molecule has 3 nitrogen and oxygen atoms in total. The minimum absolute atomic E-state index is 0.0575. The number of nitrogens with zero attached hydrogens (tertiary/aromatic N) is 2. The molecule has 19 heavy (non-hydrogen) atoms. The third-order valence-corrected chi connectivity index (χ3v) is 3.81. The van der Waals surface area contributed by atoms with E-state index in [1.165, 1.54) is 11.1 Å². The highest BCUT2D eigenvalue weighted by molar-refractivity contribution is 5.45. The maximum atomic E-state index is 9.20. The molecule has 0 amide bonds. The van der Waals surface area contributed by atoms with E-state index < -0.39 is 0 Å². The molecule has 98 valence electrons. The molecule has 0 bridgehead atoms. The number of hydrogen-bond donors (Lipinski definition) is 1. The summed E-state index contributed by atoms with van der Waals surface area (Å²) in [6, 6.07) is 12.6. The second-order valence-corrected chi connectivity index (χ2v) is 5.01. The lowest BCUT2D eigenvalue weighted by atomic mass is 10.00. The Kier molecular flexibility index (Phi) is 3.22. The molecule has 3 rings (SSSR count). The fraction of sp³-hybridized carbons (Fsp3) is 0.312. The van der Waals surface area contributed by atoms with Gasteiger partial charge in [-0.2, -0.15) is 0 Å². The van der Waals surface area contributed by atoms with E-state index in [-0.39, 0.29) is 6.61 Å². The second-order valence-electron chi connectivity index (χ2n) is 5.01. The maximum absolute atomic E-state index is 9.20. The van der Waals surface area contributed by atoms with Crippen molar-refractivity contribution >= 4 is 5.82 Å². The zero-order valence-corrected chi connectivity index (χ0v) is 11.1. The summed E-state index contributed by atoms with van der Waals surface area (Å²) in [5.41, 5.74) is 4.65. The number of pyridine rings is 1. The summed E-state index contributed by atoms with van der Waals surface area (Å²) < 4.78 is 0. The Morgan fingerprint density at radius 1 is 1.16 bits per heavy atom. The molecule has 0 spiro atoms. The molecule has 1 aliphatic rings. The van der Waals surface area contributed by atoms with Crippen LogP contribution in [-0.2, 0) is 19.6 Å². The van der Waals surface area contributed by atoms with Crippen LogP contribution in [0.15, 0.2) is 36.4 Å². The molecule has 2 heterocycles. The van der Waals surface area contributed by atoms with Gasteiger partial charge in [0, 0.05) is 18.8 Å². The fourth-order valence-electron chi connectivity index (χ4n) is 2.61. The molecule has 0 fully saturated rings. The summed E-state index contributed by atoms with van der Waals surface area (Å²) >= 11 is 0. The Morgan fingerprint density at radius 2 is 1.95 bits per heavy atom. The first-order valence-corrected chi connectivity index (χ1v) is 6.67. The van der Waals surface area contributed by atoms with Crippen molar-refractivity contribution in [2.45, 2.75) is 26.5 Å². The zero-order chi connectivity index (χ0) is 13.2. The largest absolute Gasteiger partial charge is 0.392 e. The van der Waals surface area contributed by atoms with Gasteiger partial charge in [-0.15, -0.1) is 0 Å². The molecule has 0 atom stereocenters. The molecule has 0 saturated carbocycles. The predicted octanol–water partition coefficient (Wildman–Crippen LogP) is 2.45. The first-order chi connectivity index (χ1) is 9.28. The van der Waals surface area contributed by atoms with Gasteiger partial charge < -0.3 is 10.0 Å². The third-order valence-electron chi connectivity index (χ3n) is 3.81. The Hall–Kier alpha value is -1.87. The number of benzene rings is 1. The summed E-state index contributed by atoms with van der Waals surface area (Å²) in [5, 5.41) is 9.20. The van der Waals surface area contributed by atoms with Crippen LogP contribution in [0.2, 0.25) is 0 Å². The molecule has 0 saturated heterocycles. The number of fused-ring (bicyclic) bond motifs is 1. The first kappa shape index (κ1) is 12.2. The van der Waals surface area contributed by atoms with Gasteiger partial charge in [-0.1, -0.05) is 30.3 Å². The number of aliphatic hydroxyl groups excluding tert-OH is 1. The highest BCUT2D eigenvalue weighted by Crippen LogP contribution is 2.23. The second kappa shape index (κ2) is 5.02. The molecular formula is C16H18N2O. The van der Waals surface area contributed by atoms with Gasteiger partial charge in [0.1, 0.15) is 5.82 Å². The molecular weight excluding hydrogens is 236 g/mol.